The van der Waals surface area contributed by atoms with E-state index in [2.05, 4.69) is 27.3 Å². The van der Waals surface area contributed by atoms with E-state index < -0.39 is 0 Å². The highest BCUT2D eigenvalue weighted by Crippen LogP contribution is 2.30. The number of hydrogen-bond donors (Lipinski definition) is 0. The van der Waals surface area contributed by atoms with Gasteiger partial charge in [0.15, 0.2) is 5.82 Å². The van der Waals surface area contributed by atoms with Crippen molar-refractivity contribution in [3.05, 3.63) is 72.6 Å². The highest BCUT2D eigenvalue weighted by molar-refractivity contribution is 5.67. The standard InChI is InChI=1S/C21H20N4O2/c1-2-26-18-11-7-6-10-17(18)19-23-24-20-21(22-13-14-25(19)20)27-15-12-16-8-4-3-5-9-16/h3-11,13-14H,2,12,15H2,1H3. The molecule has 2 aromatic carbocycles. The van der Waals surface area contributed by atoms with Crippen LogP contribution in [0.15, 0.2) is 67.0 Å². The summed E-state index contributed by atoms with van der Waals surface area (Å²) in [7, 11) is 0. The van der Waals surface area contributed by atoms with Crippen molar-refractivity contribution >= 4 is 5.65 Å². The van der Waals surface area contributed by atoms with Crippen LogP contribution in [0.2, 0.25) is 0 Å². The Bertz CT molecular complexity index is 1030. The SMILES string of the molecule is CCOc1ccccc1-c1nnc2c(OCCc3ccccc3)nccn12. The fourth-order valence-corrected chi connectivity index (χ4v) is 2.93. The molecule has 0 atom stereocenters. The quantitative estimate of drug-likeness (QED) is 0.501. The molecular weight excluding hydrogens is 340 g/mol. The summed E-state index contributed by atoms with van der Waals surface area (Å²) in [6.45, 7) is 3.07. The molecule has 0 unspecified atom stereocenters. The van der Waals surface area contributed by atoms with Gasteiger partial charge in [-0.05, 0) is 24.6 Å². The lowest BCUT2D eigenvalue weighted by molar-refractivity contribution is 0.311. The molecule has 4 aromatic rings. The van der Waals surface area contributed by atoms with Gasteiger partial charge < -0.3 is 9.47 Å². The van der Waals surface area contributed by atoms with Crippen molar-refractivity contribution in [1.29, 1.82) is 0 Å². The molecule has 6 nitrogen and oxygen atoms in total. The smallest absolute Gasteiger partial charge is 0.260 e. The van der Waals surface area contributed by atoms with Crippen molar-refractivity contribution in [3.63, 3.8) is 0 Å². The maximum Gasteiger partial charge on any atom is 0.260 e. The molecule has 2 aromatic heterocycles. The molecule has 2 heterocycles. The van der Waals surface area contributed by atoms with Gasteiger partial charge in [0.1, 0.15) is 5.75 Å². The second-order valence-electron chi connectivity index (χ2n) is 5.96. The van der Waals surface area contributed by atoms with Gasteiger partial charge in [0.25, 0.3) is 5.88 Å². The van der Waals surface area contributed by atoms with Crippen LogP contribution in [0.1, 0.15) is 12.5 Å². The van der Waals surface area contributed by atoms with Gasteiger partial charge in [0, 0.05) is 18.8 Å². The van der Waals surface area contributed by atoms with Crippen LogP contribution in [0.4, 0.5) is 0 Å². The monoisotopic (exact) mass is 360 g/mol. The van der Waals surface area contributed by atoms with Crippen molar-refractivity contribution in [2.75, 3.05) is 13.2 Å². The predicted molar refractivity (Wildman–Crippen MR) is 103 cm³/mol. The lowest BCUT2D eigenvalue weighted by Crippen LogP contribution is -2.04. The normalized spacial score (nSPS) is 10.9. The fraction of sp³-hybridized carbons (Fsp3) is 0.190. The van der Waals surface area contributed by atoms with Crippen LogP contribution in [0.5, 0.6) is 11.6 Å². The average Bonchev–Trinajstić information content (AvgIpc) is 3.14. The molecule has 0 N–H and O–H groups in total. The Morgan fingerprint density at radius 1 is 0.926 bits per heavy atom. The highest BCUT2D eigenvalue weighted by atomic mass is 16.5. The van der Waals surface area contributed by atoms with Crippen LogP contribution in [0.3, 0.4) is 0 Å². The number of para-hydroxylation sites is 1. The summed E-state index contributed by atoms with van der Waals surface area (Å²) in [6.07, 6.45) is 4.33. The summed E-state index contributed by atoms with van der Waals surface area (Å²) in [5.74, 6) is 1.95. The summed E-state index contributed by atoms with van der Waals surface area (Å²) in [4.78, 5) is 4.33. The van der Waals surface area contributed by atoms with E-state index >= 15 is 0 Å². The van der Waals surface area contributed by atoms with Gasteiger partial charge in [0.2, 0.25) is 5.65 Å². The number of hydrogen-bond acceptors (Lipinski definition) is 5. The van der Waals surface area contributed by atoms with E-state index in [1.165, 1.54) is 5.56 Å². The Kier molecular flexibility index (Phi) is 4.96. The van der Waals surface area contributed by atoms with Gasteiger partial charge in [-0.15, -0.1) is 10.2 Å². The molecule has 6 heteroatoms. The fourth-order valence-electron chi connectivity index (χ4n) is 2.93. The Morgan fingerprint density at radius 3 is 2.59 bits per heavy atom. The molecule has 0 spiro atoms. The van der Waals surface area contributed by atoms with E-state index in [9.17, 15) is 0 Å². The number of aromatic nitrogens is 4. The average molecular weight is 360 g/mol. The maximum atomic E-state index is 5.88. The molecule has 0 fully saturated rings. The Balaban J connectivity index is 1.60. The lowest BCUT2D eigenvalue weighted by atomic mass is 10.2. The molecule has 0 saturated heterocycles. The molecule has 0 amide bonds. The first-order valence-corrected chi connectivity index (χ1v) is 8.95. The zero-order valence-electron chi connectivity index (χ0n) is 15.1. The second-order valence-corrected chi connectivity index (χ2v) is 5.96. The van der Waals surface area contributed by atoms with Crippen molar-refractivity contribution in [2.45, 2.75) is 13.3 Å². The van der Waals surface area contributed by atoms with Crippen molar-refractivity contribution in [3.8, 4) is 23.0 Å². The van der Waals surface area contributed by atoms with E-state index in [0.717, 1.165) is 17.7 Å². The number of ether oxygens (including phenoxy) is 2. The highest BCUT2D eigenvalue weighted by Gasteiger charge is 2.16. The van der Waals surface area contributed by atoms with Crippen LogP contribution in [-0.2, 0) is 6.42 Å². The predicted octanol–water partition coefficient (Wildman–Crippen LogP) is 3.81. The van der Waals surface area contributed by atoms with Gasteiger partial charge in [0.05, 0.1) is 18.8 Å². The van der Waals surface area contributed by atoms with Crippen LogP contribution in [0.25, 0.3) is 17.0 Å². The zero-order valence-corrected chi connectivity index (χ0v) is 15.1. The van der Waals surface area contributed by atoms with Crippen LogP contribution >= 0.6 is 0 Å². The van der Waals surface area contributed by atoms with Gasteiger partial charge in [-0.3, -0.25) is 4.40 Å². The molecule has 0 aliphatic rings. The number of benzene rings is 2. The summed E-state index contributed by atoms with van der Waals surface area (Å²) < 4.78 is 13.5. The number of nitrogens with zero attached hydrogens (tertiary/aromatic N) is 4. The first-order chi connectivity index (χ1) is 13.4. The van der Waals surface area contributed by atoms with Gasteiger partial charge in [-0.2, -0.15) is 0 Å². The summed E-state index contributed by atoms with van der Waals surface area (Å²) in [5, 5.41) is 8.64. The first-order valence-electron chi connectivity index (χ1n) is 8.95. The van der Waals surface area contributed by atoms with Gasteiger partial charge in [-0.25, -0.2) is 4.98 Å². The van der Waals surface area contributed by atoms with E-state index in [4.69, 9.17) is 9.47 Å². The molecule has 27 heavy (non-hydrogen) atoms. The number of rotatable bonds is 7. The van der Waals surface area contributed by atoms with Crippen LogP contribution < -0.4 is 9.47 Å². The third kappa shape index (κ3) is 3.60. The Hall–Kier alpha value is -3.41. The van der Waals surface area contributed by atoms with E-state index in [1.54, 1.807) is 6.20 Å². The molecule has 0 aliphatic heterocycles. The van der Waals surface area contributed by atoms with Crippen molar-refractivity contribution in [2.24, 2.45) is 0 Å². The Morgan fingerprint density at radius 2 is 1.74 bits per heavy atom. The first kappa shape index (κ1) is 17.0. The molecule has 0 saturated carbocycles. The second kappa shape index (κ2) is 7.86. The Labute approximate surface area is 157 Å². The number of fused-ring (bicyclic) bond motifs is 1. The van der Waals surface area contributed by atoms with E-state index in [-0.39, 0.29) is 0 Å². The molecule has 0 radical (unpaired) electrons. The minimum atomic E-state index is 0.473. The zero-order chi connectivity index (χ0) is 18.5. The largest absolute Gasteiger partial charge is 0.493 e. The van der Waals surface area contributed by atoms with Gasteiger partial charge >= 0.3 is 0 Å². The summed E-state index contributed by atoms with van der Waals surface area (Å²) in [5.41, 5.74) is 2.69. The topological polar surface area (TPSA) is 61.5 Å². The molecule has 0 aliphatic carbocycles. The van der Waals surface area contributed by atoms with E-state index in [0.29, 0.717) is 30.6 Å². The molecule has 4 rings (SSSR count). The molecular formula is C21H20N4O2. The molecule has 136 valence electrons. The lowest BCUT2D eigenvalue weighted by Gasteiger charge is -2.09. The van der Waals surface area contributed by atoms with Crippen molar-refractivity contribution in [1.82, 2.24) is 19.6 Å². The minimum absolute atomic E-state index is 0.473. The third-order valence-corrected chi connectivity index (χ3v) is 4.19. The summed E-state index contributed by atoms with van der Waals surface area (Å²) in [6, 6.07) is 18.0. The maximum absolute atomic E-state index is 5.88. The van der Waals surface area contributed by atoms with Crippen LogP contribution in [-0.4, -0.2) is 32.8 Å². The minimum Gasteiger partial charge on any atom is -0.493 e. The molecule has 0 bridgehead atoms. The summed E-state index contributed by atoms with van der Waals surface area (Å²) >= 11 is 0. The van der Waals surface area contributed by atoms with Crippen LogP contribution in [0, 0.1) is 0 Å². The third-order valence-electron chi connectivity index (χ3n) is 4.19. The van der Waals surface area contributed by atoms with Gasteiger partial charge in [-0.1, -0.05) is 42.5 Å². The van der Waals surface area contributed by atoms with Crippen molar-refractivity contribution < 1.29 is 9.47 Å². The van der Waals surface area contributed by atoms with E-state index in [1.807, 2.05) is 60.0 Å².